The molecule has 1 saturated carbocycles. The lowest BCUT2D eigenvalue weighted by atomic mass is 9.95. The van der Waals surface area contributed by atoms with Crippen LogP contribution in [0, 0.1) is 0 Å². The monoisotopic (exact) mass is 291 g/mol. The van der Waals surface area contributed by atoms with Crippen LogP contribution < -0.4 is 16.0 Å². The van der Waals surface area contributed by atoms with Crippen LogP contribution >= 0.6 is 12.4 Å². The molecule has 0 radical (unpaired) electrons. The number of carbonyl (C=O) groups is 2. The van der Waals surface area contributed by atoms with Crippen molar-refractivity contribution in [1.82, 2.24) is 16.0 Å². The van der Waals surface area contributed by atoms with E-state index in [1.807, 2.05) is 7.05 Å². The average Bonchev–Trinajstić information content (AvgIpc) is 2.37. The van der Waals surface area contributed by atoms with Crippen LogP contribution in [0.2, 0.25) is 0 Å². The van der Waals surface area contributed by atoms with Crippen LogP contribution in [0.15, 0.2) is 0 Å². The normalized spacial score (nSPS) is 15.4. The first-order valence-corrected chi connectivity index (χ1v) is 6.93. The van der Waals surface area contributed by atoms with Gasteiger partial charge in [-0.05, 0) is 19.9 Å². The zero-order chi connectivity index (χ0) is 13.2. The summed E-state index contributed by atoms with van der Waals surface area (Å²) in [5.41, 5.74) is 0. The van der Waals surface area contributed by atoms with E-state index in [1.165, 1.54) is 19.3 Å². The zero-order valence-electron chi connectivity index (χ0n) is 11.7. The molecule has 0 saturated heterocycles. The molecule has 0 heterocycles. The molecule has 6 heteroatoms. The fraction of sp³-hybridized carbons (Fsp3) is 0.846. The second kappa shape index (κ2) is 11.1. The van der Waals surface area contributed by atoms with Crippen LogP contribution in [0.4, 0.5) is 0 Å². The Balaban J connectivity index is 0.00000324. The molecule has 5 nitrogen and oxygen atoms in total. The molecule has 0 atom stereocenters. The number of hydrogen-bond acceptors (Lipinski definition) is 3. The number of carbonyl (C=O) groups excluding carboxylic acids is 2. The fourth-order valence-electron chi connectivity index (χ4n) is 2.19. The second-order valence-electron chi connectivity index (χ2n) is 4.86. The van der Waals surface area contributed by atoms with Gasteiger partial charge in [0.15, 0.2) is 0 Å². The first kappa shape index (κ1) is 18.2. The van der Waals surface area contributed by atoms with Gasteiger partial charge in [-0.3, -0.25) is 9.59 Å². The summed E-state index contributed by atoms with van der Waals surface area (Å²) in [6, 6.07) is 0.353. The molecule has 0 aromatic rings. The minimum absolute atomic E-state index is 0. The molecular weight excluding hydrogens is 266 g/mol. The van der Waals surface area contributed by atoms with Gasteiger partial charge in [-0.15, -0.1) is 12.4 Å². The topological polar surface area (TPSA) is 70.2 Å². The Labute approximate surface area is 121 Å². The van der Waals surface area contributed by atoms with Crippen LogP contribution in [0.25, 0.3) is 0 Å². The van der Waals surface area contributed by atoms with Gasteiger partial charge in [0.25, 0.3) is 0 Å². The Bertz CT molecular complexity index is 269. The Kier molecular flexibility index (Phi) is 10.6. The highest BCUT2D eigenvalue weighted by atomic mass is 35.5. The summed E-state index contributed by atoms with van der Waals surface area (Å²) in [6.45, 7) is 1.10. The van der Waals surface area contributed by atoms with Gasteiger partial charge in [-0.25, -0.2) is 0 Å². The van der Waals surface area contributed by atoms with E-state index in [-0.39, 0.29) is 24.2 Å². The van der Waals surface area contributed by atoms with Crippen molar-refractivity contribution in [2.45, 2.75) is 51.0 Å². The lowest BCUT2D eigenvalue weighted by Crippen LogP contribution is -2.38. The van der Waals surface area contributed by atoms with Crippen LogP contribution in [0.1, 0.15) is 44.9 Å². The molecule has 2 amide bonds. The molecule has 0 unspecified atom stereocenters. The second-order valence-corrected chi connectivity index (χ2v) is 4.86. The standard InChI is InChI=1S/C13H25N3O2.ClH/c1-14-9-7-12(17)15-10-8-13(18)16-11-5-3-2-4-6-11;/h11,14H,2-10H2,1H3,(H,15,17)(H,16,18);1H. The molecule has 0 bridgehead atoms. The third-order valence-corrected chi connectivity index (χ3v) is 3.25. The molecule has 0 aromatic heterocycles. The molecule has 112 valence electrons. The van der Waals surface area contributed by atoms with Crippen molar-refractivity contribution in [1.29, 1.82) is 0 Å². The lowest BCUT2D eigenvalue weighted by molar-refractivity contribution is -0.122. The Morgan fingerprint density at radius 3 is 2.26 bits per heavy atom. The largest absolute Gasteiger partial charge is 0.356 e. The number of rotatable bonds is 7. The predicted molar refractivity (Wildman–Crippen MR) is 78.4 cm³/mol. The zero-order valence-corrected chi connectivity index (χ0v) is 12.5. The lowest BCUT2D eigenvalue weighted by Gasteiger charge is -2.22. The van der Waals surface area contributed by atoms with Crippen molar-refractivity contribution >= 4 is 24.2 Å². The fourth-order valence-corrected chi connectivity index (χ4v) is 2.19. The summed E-state index contributed by atoms with van der Waals surface area (Å²) < 4.78 is 0. The van der Waals surface area contributed by atoms with Gasteiger partial charge in [0.05, 0.1) is 0 Å². The van der Waals surface area contributed by atoms with Crippen molar-refractivity contribution in [3.8, 4) is 0 Å². The van der Waals surface area contributed by atoms with Crippen molar-refractivity contribution in [2.75, 3.05) is 20.1 Å². The maximum atomic E-state index is 11.6. The van der Waals surface area contributed by atoms with E-state index in [4.69, 9.17) is 0 Å². The van der Waals surface area contributed by atoms with E-state index < -0.39 is 0 Å². The number of amides is 2. The highest BCUT2D eigenvalue weighted by Gasteiger charge is 2.15. The average molecular weight is 292 g/mol. The Morgan fingerprint density at radius 1 is 1.00 bits per heavy atom. The van der Waals surface area contributed by atoms with Crippen molar-refractivity contribution < 1.29 is 9.59 Å². The highest BCUT2D eigenvalue weighted by molar-refractivity contribution is 5.85. The van der Waals surface area contributed by atoms with E-state index in [1.54, 1.807) is 0 Å². The summed E-state index contributed by atoms with van der Waals surface area (Å²) in [5, 5.41) is 8.69. The molecule has 0 aromatic carbocycles. The van der Waals surface area contributed by atoms with E-state index >= 15 is 0 Å². The van der Waals surface area contributed by atoms with E-state index in [9.17, 15) is 9.59 Å². The molecule has 19 heavy (non-hydrogen) atoms. The first-order valence-electron chi connectivity index (χ1n) is 6.93. The predicted octanol–water partition coefficient (Wildman–Crippen LogP) is 0.973. The van der Waals surface area contributed by atoms with E-state index in [0.717, 1.165) is 12.8 Å². The molecule has 0 aliphatic heterocycles. The van der Waals surface area contributed by atoms with Crippen molar-refractivity contribution in [2.24, 2.45) is 0 Å². The number of halogens is 1. The molecule has 0 spiro atoms. The van der Waals surface area contributed by atoms with Gasteiger partial charge in [-0.2, -0.15) is 0 Å². The summed E-state index contributed by atoms with van der Waals surface area (Å²) in [5.74, 6) is 0.0469. The quantitative estimate of drug-likeness (QED) is 0.655. The number of nitrogens with one attached hydrogen (secondary N) is 3. The summed E-state index contributed by atoms with van der Waals surface area (Å²) in [6.07, 6.45) is 6.74. The summed E-state index contributed by atoms with van der Waals surface area (Å²) in [4.78, 5) is 22.9. The minimum atomic E-state index is -0.00480. The minimum Gasteiger partial charge on any atom is -0.356 e. The maximum absolute atomic E-state index is 11.6. The van der Waals surface area contributed by atoms with Crippen molar-refractivity contribution in [3.63, 3.8) is 0 Å². The summed E-state index contributed by atoms with van der Waals surface area (Å²) in [7, 11) is 1.81. The third-order valence-electron chi connectivity index (χ3n) is 3.25. The van der Waals surface area contributed by atoms with Gasteiger partial charge < -0.3 is 16.0 Å². The van der Waals surface area contributed by atoms with Gasteiger partial charge in [-0.1, -0.05) is 19.3 Å². The molecule has 1 aliphatic carbocycles. The van der Waals surface area contributed by atoms with Crippen LogP contribution in [-0.2, 0) is 9.59 Å². The number of hydrogen-bond donors (Lipinski definition) is 3. The van der Waals surface area contributed by atoms with Crippen LogP contribution in [0.5, 0.6) is 0 Å². The van der Waals surface area contributed by atoms with Gasteiger partial charge in [0, 0.05) is 32.0 Å². The molecule has 1 rings (SSSR count). The third kappa shape index (κ3) is 8.83. The molecule has 3 N–H and O–H groups in total. The van der Waals surface area contributed by atoms with E-state index in [2.05, 4.69) is 16.0 Å². The van der Waals surface area contributed by atoms with E-state index in [0.29, 0.717) is 32.0 Å². The van der Waals surface area contributed by atoms with Crippen molar-refractivity contribution in [3.05, 3.63) is 0 Å². The molecule has 1 aliphatic rings. The SMILES string of the molecule is CNCCC(=O)NCCC(=O)NC1CCCCC1.Cl. The Hall–Kier alpha value is -0.810. The van der Waals surface area contributed by atoms with Gasteiger partial charge >= 0.3 is 0 Å². The summed E-state index contributed by atoms with van der Waals surface area (Å²) >= 11 is 0. The maximum Gasteiger partial charge on any atom is 0.221 e. The van der Waals surface area contributed by atoms with Gasteiger partial charge in [0.1, 0.15) is 0 Å². The highest BCUT2D eigenvalue weighted by Crippen LogP contribution is 2.17. The Morgan fingerprint density at radius 2 is 1.63 bits per heavy atom. The molecule has 1 fully saturated rings. The van der Waals surface area contributed by atoms with Crippen LogP contribution in [-0.4, -0.2) is 38.0 Å². The molecular formula is C13H26ClN3O2. The first-order chi connectivity index (χ1) is 8.72. The smallest absolute Gasteiger partial charge is 0.221 e. The van der Waals surface area contributed by atoms with Gasteiger partial charge in [0.2, 0.25) is 11.8 Å². The van der Waals surface area contributed by atoms with Crippen LogP contribution in [0.3, 0.4) is 0 Å².